The summed E-state index contributed by atoms with van der Waals surface area (Å²) in [7, 11) is -6.98. The average molecular weight is 552 g/mol. The largest absolute Gasteiger partial charge is 0.380 e. The van der Waals surface area contributed by atoms with E-state index in [1.807, 2.05) is 11.5 Å². The molecule has 12 heteroatoms. The number of ether oxygens (including phenoxy) is 1. The molecule has 1 saturated heterocycles. The Morgan fingerprint density at radius 2 is 1.67 bits per heavy atom. The quantitative estimate of drug-likeness (QED) is 0.398. The molecule has 0 N–H and O–H groups in total. The summed E-state index contributed by atoms with van der Waals surface area (Å²) in [5.41, 5.74) is 1.01. The summed E-state index contributed by atoms with van der Waals surface area (Å²) in [6, 6.07) is 10.7. The highest BCUT2D eigenvalue weighted by Gasteiger charge is 2.26. The number of fused-ring (bicyclic) bond motifs is 1. The van der Waals surface area contributed by atoms with E-state index in [-0.39, 0.29) is 15.4 Å². The van der Waals surface area contributed by atoms with Crippen molar-refractivity contribution in [3.8, 4) is 0 Å². The lowest BCUT2D eigenvalue weighted by molar-refractivity contribution is 0.0996. The molecule has 0 radical (unpaired) electrons. The predicted molar refractivity (Wildman–Crippen MR) is 138 cm³/mol. The fourth-order valence-corrected chi connectivity index (χ4v) is 7.39. The van der Waals surface area contributed by atoms with Crippen LogP contribution in [0.1, 0.15) is 36.5 Å². The zero-order valence-corrected chi connectivity index (χ0v) is 22.7. The maximum absolute atomic E-state index is 13.0. The van der Waals surface area contributed by atoms with Crippen LogP contribution in [-0.2, 0) is 31.1 Å². The molecule has 1 fully saturated rings. The zero-order valence-electron chi connectivity index (χ0n) is 20.2. The number of hydrogen-bond donors (Lipinski definition) is 0. The summed E-state index contributed by atoms with van der Waals surface area (Å²) in [6.45, 7) is 4.28. The lowest BCUT2D eigenvalue weighted by Crippen LogP contribution is -2.35. The Balaban J connectivity index is 1.67. The number of thiazole rings is 1. The third-order valence-electron chi connectivity index (χ3n) is 6.00. The van der Waals surface area contributed by atoms with Gasteiger partial charge in [-0.25, -0.2) is 16.8 Å². The molecule has 1 aromatic heterocycles. The highest BCUT2D eigenvalue weighted by atomic mass is 32.2. The SMILES string of the molecule is CCOCCn1c(=NC(=O)c2ccc(S(=O)(=O)N3CCCCC3)cc2)sc2cc(S(C)(=O)=O)ccc21. The Morgan fingerprint density at radius 1 is 1.00 bits per heavy atom. The summed E-state index contributed by atoms with van der Waals surface area (Å²) in [5, 5.41) is 0. The standard InChI is InChI=1S/C24H29N3O6S3/c1-3-33-16-15-27-21-12-11-20(35(2,29)30)17-22(21)34-24(27)25-23(28)18-7-9-19(10-8-18)36(31,32)26-13-5-4-6-14-26/h7-12,17H,3-6,13-16H2,1-2H3. The smallest absolute Gasteiger partial charge is 0.279 e. The number of carbonyl (C=O) groups excluding carboxylic acids is 1. The van der Waals surface area contributed by atoms with Crippen LogP contribution < -0.4 is 4.80 Å². The molecule has 36 heavy (non-hydrogen) atoms. The highest BCUT2D eigenvalue weighted by Crippen LogP contribution is 2.23. The summed E-state index contributed by atoms with van der Waals surface area (Å²) in [5.74, 6) is -0.517. The predicted octanol–water partition coefficient (Wildman–Crippen LogP) is 3.06. The number of sulfone groups is 1. The maximum Gasteiger partial charge on any atom is 0.279 e. The van der Waals surface area contributed by atoms with Crippen molar-refractivity contribution in [2.45, 2.75) is 42.5 Å². The average Bonchev–Trinajstić information content (AvgIpc) is 3.20. The third kappa shape index (κ3) is 5.78. The van der Waals surface area contributed by atoms with Gasteiger partial charge in [0.1, 0.15) is 0 Å². The summed E-state index contributed by atoms with van der Waals surface area (Å²) in [4.78, 5) is 18.1. The molecule has 1 aliphatic heterocycles. The Labute approximate surface area is 215 Å². The van der Waals surface area contributed by atoms with Gasteiger partial charge in [-0.15, -0.1) is 0 Å². The molecule has 2 heterocycles. The second-order valence-electron chi connectivity index (χ2n) is 8.54. The van der Waals surface area contributed by atoms with Crippen LogP contribution in [0.2, 0.25) is 0 Å². The van der Waals surface area contributed by atoms with Gasteiger partial charge in [0.2, 0.25) is 10.0 Å². The van der Waals surface area contributed by atoms with Crippen LogP contribution in [-0.4, -0.2) is 64.2 Å². The number of sulfonamides is 1. The molecule has 194 valence electrons. The molecule has 4 rings (SSSR count). The first kappa shape index (κ1) is 26.7. The molecule has 2 aromatic carbocycles. The molecule has 0 saturated carbocycles. The molecule has 0 atom stereocenters. The topological polar surface area (TPSA) is 115 Å². The number of amides is 1. The number of aromatic nitrogens is 1. The van der Waals surface area contributed by atoms with Crippen molar-refractivity contribution in [3.63, 3.8) is 0 Å². The van der Waals surface area contributed by atoms with Gasteiger partial charge >= 0.3 is 0 Å². The number of rotatable bonds is 8. The Morgan fingerprint density at radius 3 is 2.31 bits per heavy atom. The van der Waals surface area contributed by atoms with Gasteiger partial charge in [0.25, 0.3) is 5.91 Å². The first-order chi connectivity index (χ1) is 17.1. The Bertz CT molecular complexity index is 1530. The lowest BCUT2D eigenvalue weighted by Gasteiger charge is -2.25. The molecule has 3 aromatic rings. The molecule has 0 bridgehead atoms. The third-order valence-corrected chi connectivity index (χ3v) is 10.1. The van der Waals surface area contributed by atoms with E-state index in [2.05, 4.69) is 4.99 Å². The molecule has 9 nitrogen and oxygen atoms in total. The van der Waals surface area contributed by atoms with Crippen LogP contribution in [0.25, 0.3) is 10.2 Å². The zero-order chi connectivity index (χ0) is 25.9. The number of benzene rings is 2. The van der Waals surface area contributed by atoms with Crippen molar-refractivity contribution in [3.05, 3.63) is 52.8 Å². The van der Waals surface area contributed by atoms with Crippen LogP contribution >= 0.6 is 11.3 Å². The van der Waals surface area contributed by atoms with Crippen molar-refractivity contribution in [2.75, 3.05) is 32.6 Å². The first-order valence-corrected chi connectivity index (χ1v) is 15.9. The summed E-state index contributed by atoms with van der Waals surface area (Å²) < 4.78 is 59.2. The van der Waals surface area contributed by atoms with E-state index in [0.717, 1.165) is 31.0 Å². The van der Waals surface area contributed by atoms with Crippen molar-refractivity contribution in [2.24, 2.45) is 4.99 Å². The number of hydrogen-bond acceptors (Lipinski definition) is 7. The van der Waals surface area contributed by atoms with Crippen LogP contribution in [0.5, 0.6) is 0 Å². The van der Waals surface area contributed by atoms with Crippen LogP contribution in [0, 0.1) is 0 Å². The van der Waals surface area contributed by atoms with Gasteiger partial charge in [0.15, 0.2) is 14.6 Å². The van der Waals surface area contributed by atoms with Gasteiger partial charge in [-0.1, -0.05) is 17.8 Å². The van der Waals surface area contributed by atoms with Crippen molar-refractivity contribution >= 4 is 47.3 Å². The van der Waals surface area contributed by atoms with E-state index in [1.54, 1.807) is 12.1 Å². The van der Waals surface area contributed by atoms with E-state index < -0.39 is 25.8 Å². The van der Waals surface area contributed by atoms with E-state index >= 15 is 0 Å². The van der Waals surface area contributed by atoms with Gasteiger partial charge in [-0.2, -0.15) is 9.30 Å². The van der Waals surface area contributed by atoms with Crippen molar-refractivity contribution < 1.29 is 26.4 Å². The monoisotopic (exact) mass is 551 g/mol. The highest BCUT2D eigenvalue weighted by molar-refractivity contribution is 7.90. The molecule has 1 amide bonds. The van der Waals surface area contributed by atoms with Crippen LogP contribution in [0.4, 0.5) is 0 Å². The molecular weight excluding hydrogens is 522 g/mol. The van der Waals surface area contributed by atoms with E-state index in [0.29, 0.717) is 42.3 Å². The number of nitrogens with zero attached hydrogens (tertiary/aromatic N) is 3. The van der Waals surface area contributed by atoms with E-state index in [1.165, 1.54) is 46.0 Å². The molecule has 0 unspecified atom stereocenters. The second-order valence-corrected chi connectivity index (χ2v) is 13.5. The minimum absolute atomic E-state index is 0.155. The van der Waals surface area contributed by atoms with Crippen LogP contribution in [0.3, 0.4) is 0 Å². The minimum atomic E-state index is -3.59. The second kappa shape index (κ2) is 10.9. The minimum Gasteiger partial charge on any atom is -0.380 e. The van der Waals surface area contributed by atoms with Crippen molar-refractivity contribution in [1.82, 2.24) is 8.87 Å². The van der Waals surface area contributed by atoms with Gasteiger partial charge in [-0.05, 0) is 62.2 Å². The van der Waals surface area contributed by atoms with E-state index in [4.69, 9.17) is 4.74 Å². The normalized spacial score (nSPS) is 16.0. The van der Waals surface area contributed by atoms with E-state index in [9.17, 15) is 21.6 Å². The summed E-state index contributed by atoms with van der Waals surface area (Å²) in [6.07, 6.45) is 3.87. The molecular formula is C24H29N3O6S3. The molecule has 0 aliphatic carbocycles. The molecule has 0 spiro atoms. The molecule has 1 aliphatic rings. The Hall–Kier alpha value is -2.38. The van der Waals surface area contributed by atoms with Crippen LogP contribution in [0.15, 0.2) is 57.2 Å². The lowest BCUT2D eigenvalue weighted by atomic mass is 10.2. The Kier molecular flexibility index (Phi) is 8.10. The number of carbonyl (C=O) groups is 1. The van der Waals surface area contributed by atoms with Gasteiger partial charge in [0.05, 0.1) is 26.6 Å². The fourth-order valence-electron chi connectivity index (χ4n) is 4.06. The first-order valence-electron chi connectivity index (χ1n) is 11.7. The fraction of sp³-hybridized carbons (Fsp3) is 0.417. The van der Waals surface area contributed by atoms with Gasteiger partial charge in [-0.3, -0.25) is 4.79 Å². The summed E-state index contributed by atoms with van der Waals surface area (Å²) >= 11 is 1.21. The van der Waals surface area contributed by atoms with Gasteiger partial charge < -0.3 is 9.30 Å². The van der Waals surface area contributed by atoms with Gasteiger partial charge in [0, 0.05) is 38.1 Å². The maximum atomic E-state index is 13.0. The number of piperidine rings is 1. The van der Waals surface area contributed by atoms with Crippen molar-refractivity contribution in [1.29, 1.82) is 0 Å².